The first-order chi connectivity index (χ1) is 5.24. The van der Waals surface area contributed by atoms with Gasteiger partial charge in [0.25, 0.3) is 0 Å². The molecule has 0 aromatic carbocycles. The highest BCUT2D eigenvalue weighted by Crippen LogP contribution is 1.56. The molecule has 0 unspecified atom stereocenters. The summed E-state index contributed by atoms with van der Waals surface area (Å²) in [6.07, 6.45) is 2.56. The highest BCUT2D eigenvalue weighted by atomic mass is 16.5. The maximum Gasteiger partial charge on any atom is 0.234 e. The molecule has 0 aliphatic carbocycles. The van der Waals surface area contributed by atoms with Crippen LogP contribution in [0.15, 0.2) is 4.99 Å². The molecule has 0 aliphatic heterocycles. The number of hydrogen-bond donors (Lipinski definition) is 1. The lowest BCUT2D eigenvalue weighted by molar-refractivity contribution is 0.207. The summed E-state index contributed by atoms with van der Waals surface area (Å²) in [5, 5.41) is 0. The number of nitrogens with zero attached hydrogens (tertiary/aromatic N) is 1. The van der Waals surface area contributed by atoms with Crippen LogP contribution in [0.3, 0.4) is 0 Å². The molecule has 0 aliphatic rings. The Hall–Kier alpha value is -0.700. The van der Waals surface area contributed by atoms with Crippen LogP contribution in [-0.4, -0.2) is 27.0 Å². The lowest BCUT2D eigenvalue weighted by atomic mass is 10.6. The van der Waals surface area contributed by atoms with Gasteiger partial charge in [0.2, 0.25) is 6.08 Å². The lowest BCUT2D eigenvalue weighted by Crippen LogP contribution is -1.98. The van der Waals surface area contributed by atoms with Crippen molar-refractivity contribution in [3.05, 3.63) is 0 Å². The summed E-state index contributed by atoms with van der Waals surface area (Å²) in [5.74, 6) is 0. The Morgan fingerprint density at radius 1 is 1.55 bits per heavy atom. The number of hydrogen-bond acceptors (Lipinski definition) is 4. The molecule has 0 rings (SSSR count). The highest BCUT2D eigenvalue weighted by molar-refractivity contribution is 5.32. The summed E-state index contributed by atoms with van der Waals surface area (Å²) in [6.45, 7) is 4.57. The first-order valence-corrected chi connectivity index (χ1v) is 3.39. The largest absolute Gasteiger partial charge is 0.370 e. The molecule has 0 amide bonds. The Labute approximate surface area is 68.5 Å². The molecule has 0 saturated carbocycles. The number of carbonyl (C=O) groups excluding carboxylic acids is 1. The van der Waals surface area contributed by atoms with Gasteiger partial charge in [0, 0.05) is 14.2 Å². The summed E-state index contributed by atoms with van der Waals surface area (Å²) in [6, 6.07) is 0. The van der Waals surface area contributed by atoms with Gasteiger partial charge in [-0.1, -0.05) is 20.3 Å². The second-order valence-corrected chi connectivity index (χ2v) is 1.48. The summed E-state index contributed by atoms with van der Waals surface area (Å²) in [4.78, 5) is 11.8. The first kappa shape index (κ1) is 16.7. The second-order valence-electron chi connectivity index (χ2n) is 1.48. The smallest absolute Gasteiger partial charge is 0.234 e. The van der Waals surface area contributed by atoms with Gasteiger partial charge < -0.3 is 10.5 Å². The van der Waals surface area contributed by atoms with Gasteiger partial charge in [-0.15, -0.1) is 0 Å². The molecule has 2 N–H and O–H groups in total. The van der Waals surface area contributed by atoms with Gasteiger partial charge >= 0.3 is 0 Å². The van der Waals surface area contributed by atoms with Crippen LogP contribution in [0.4, 0.5) is 0 Å². The zero-order valence-electron chi connectivity index (χ0n) is 7.76. The van der Waals surface area contributed by atoms with E-state index in [1.54, 1.807) is 7.11 Å². The number of aliphatic imine (C=N–C) groups is 1. The Bertz CT molecular complexity index is 78.5. The third-order valence-corrected chi connectivity index (χ3v) is 0.258. The minimum absolute atomic E-state index is 0.319. The van der Waals surface area contributed by atoms with E-state index < -0.39 is 0 Å². The van der Waals surface area contributed by atoms with E-state index in [0.29, 0.717) is 6.73 Å². The Balaban J connectivity index is -0.0000000886. The fourth-order valence-electron chi connectivity index (χ4n) is 0. The summed E-state index contributed by atoms with van der Waals surface area (Å²) < 4.78 is 4.32. The fourth-order valence-corrected chi connectivity index (χ4v) is 0. The van der Waals surface area contributed by atoms with Crippen LogP contribution in [-0.2, 0) is 9.53 Å². The molecular weight excluding hydrogens is 144 g/mol. The standard InChI is InChI=1S/C3H8.C2H7NO.C2H3NO/c1-3-2;1-4-2-3;1-3-2-4/h3H2,1-2H3;2-3H2,1H3;1H3. The molecule has 4 nitrogen and oxygen atoms in total. The maximum atomic E-state index is 8.88. The Morgan fingerprint density at radius 3 is 1.73 bits per heavy atom. The summed E-state index contributed by atoms with van der Waals surface area (Å²) in [5.41, 5.74) is 4.81. The molecule has 0 fully saturated rings. The topological polar surface area (TPSA) is 64.7 Å². The fraction of sp³-hybridized carbons (Fsp3) is 0.857. The van der Waals surface area contributed by atoms with Crippen molar-refractivity contribution in [3.8, 4) is 0 Å². The quantitative estimate of drug-likeness (QED) is 0.354. The number of nitrogens with two attached hydrogens (primary N) is 1. The molecule has 68 valence electrons. The SMILES string of the molecule is CCC.CN=C=O.COCN. The molecule has 4 heteroatoms. The molecule has 0 aromatic heterocycles. The first-order valence-electron chi connectivity index (χ1n) is 3.39. The highest BCUT2D eigenvalue weighted by Gasteiger charge is 1.50. The van der Waals surface area contributed by atoms with Crippen LogP contribution in [0.1, 0.15) is 20.3 Å². The van der Waals surface area contributed by atoms with Gasteiger partial charge in [-0.2, -0.15) is 0 Å². The van der Waals surface area contributed by atoms with E-state index in [0.717, 1.165) is 0 Å². The molecular formula is C7H18N2O2. The van der Waals surface area contributed by atoms with Crippen LogP contribution in [0.5, 0.6) is 0 Å². The van der Waals surface area contributed by atoms with E-state index >= 15 is 0 Å². The molecule has 0 heterocycles. The van der Waals surface area contributed by atoms with Crippen LogP contribution in [0, 0.1) is 0 Å². The molecule has 0 aromatic rings. The van der Waals surface area contributed by atoms with Gasteiger partial charge in [0.1, 0.15) is 0 Å². The zero-order chi connectivity index (χ0) is 9.54. The molecule has 0 spiro atoms. The number of ether oxygens (including phenoxy) is 1. The van der Waals surface area contributed by atoms with Crippen molar-refractivity contribution in [2.75, 3.05) is 20.9 Å². The van der Waals surface area contributed by atoms with Crippen molar-refractivity contribution < 1.29 is 9.53 Å². The van der Waals surface area contributed by atoms with Gasteiger partial charge in [0.05, 0.1) is 6.73 Å². The molecule has 0 bridgehead atoms. The van der Waals surface area contributed by atoms with Gasteiger partial charge in [0.15, 0.2) is 0 Å². The van der Waals surface area contributed by atoms with Crippen molar-refractivity contribution in [2.45, 2.75) is 20.3 Å². The minimum atomic E-state index is 0.319. The van der Waals surface area contributed by atoms with Crippen molar-refractivity contribution in [3.63, 3.8) is 0 Å². The van der Waals surface area contributed by atoms with Crippen molar-refractivity contribution in [1.29, 1.82) is 0 Å². The van der Waals surface area contributed by atoms with E-state index in [-0.39, 0.29) is 0 Å². The average molecular weight is 162 g/mol. The lowest BCUT2D eigenvalue weighted by Gasteiger charge is -1.77. The molecule has 11 heavy (non-hydrogen) atoms. The Kier molecular flexibility index (Phi) is 52.7. The van der Waals surface area contributed by atoms with Gasteiger partial charge in [-0.25, -0.2) is 9.79 Å². The summed E-state index contributed by atoms with van der Waals surface area (Å²) in [7, 11) is 2.94. The van der Waals surface area contributed by atoms with E-state index in [1.165, 1.54) is 19.5 Å². The summed E-state index contributed by atoms with van der Waals surface area (Å²) >= 11 is 0. The second kappa shape index (κ2) is 34.6. The van der Waals surface area contributed by atoms with E-state index in [2.05, 4.69) is 23.6 Å². The predicted molar refractivity (Wildman–Crippen MR) is 46.1 cm³/mol. The van der Waals surface area contributed by atoms with Crippen LogP contribution < -0.4 is 5.73 Å². The van der Waals surface area contributed by atoms with Crippen LogP contribution >= 0.6 is 0 Å². The van der Waals surface area contributed by atoms with Gasteiger partial charge in [-0.05, 0) is 0 Å². The zero-order valence-corrected chi connectivity index (χ0v) is 7.76. The van der Waals surface area contributed by atoms with Crippen molar-refractivity contribution >= 4 is 6.08 Å². The normalized spacial score (nSPS) is 5.91. The third kappa shape index (κ3) is 293. The predicted octanol–water partition coefficient (Wildman–Crippen LogP) is 0.917. The van der Waals surface area contributed by atoms with E-state index in [4.69, 9.17) is 10.5 Å². The van der Waals surface area contributed by atoms with E-state index in [1.807, 2.05) is 0 Å². The van der Waals surface area contributed by atoms with Crippen molar-refractivity contribution in [2.24, 2.45) is 10.7 Å². The van der Waals surface area contributed by atoms with Crippen LogP contribution in [0.2, 0.25) is 0 Å². The number of isocyanates is 1. The van der Waals surface area contributed by atoms with Crippen LogP contribution in [0.25, 0.3) is 0 Å². The van der Waals surface area contributed by atoms with E-state index in [9.17, 15) is 0 Å². The monoisotopic (exact) mass is 162 g/mol. The van der Waals surface area contributed by atoms with Gasteiger partial charge in [-0.3, -0.25) is 0 Å². The Morgan fingerprint density at radius 2 is 1.73 bits per heavy atom. The minimum Gasteiger partial charge on any atom is -0.370 e. The average Bonchev–Trinajstić information content (AvgIpc) is 2.06. The maximum absolute atomic E-state index is 8.88. The molecule has 0 saturated heterocycles. The molecule has 0 radical (unpaired) electrons. The number of rotatable bonds is 1. The third-order valence-electron chi connectivity index (χ3n) is 0.258. The number of methoxy groups -OCH3 is 1. The molecule has 0 atom stereocenters. The van der Waals surface area contributed by atoms with Crippen molar-refractivity contribution in [1.82, 2.24) is 0 Å².